The fraction of sp³-hybridized carbons (Fsp3) is 0.304. The average Bonchev–Trinajstić information content (AvgIpc) is 3.16. The van der Waals surface area contributed by atoms with Crippen LogP contribution in [0.15, 0.2) is 46.4 Å². The second-order valence-electron chi connectivity index (χ2n) is 6.23. The van der Waals surface area contributed by atoms with Gasteiger partial charge in [-0.3, -0.25) is 0 Å². The van der Waals surface area contributed by atoms with E-state index in [-0.39, 0.29) is 21.1 Å². The fourth-order valence-electron chi connectivity index (χ4n) is 3.01. The predicted octanol–water partition coefficient (Wildman–Crippen LogP) is 5.04. The van der Waals surface area contributed by atoms with Crippen LogP contribution in [0.4, 0.5) is 0 Å². The minimum Gasteiger partial charge on any atom is -0.553 e. The molecule has 0 aliphatic rings. The number of methoxy groups -OCH3 is 3. The van der Waals surface area contributed by atoms with E-state index in [9.17, 15) is 0 Å². The molecule has 0 aliphatic carbocycles. The first-order valence-electron chi connectivity index (χ1n) is 8.89. The van der Waals surface area contributed by atoms with Crippen LogP contribution in [0, 0.1) is 6.07 Å². The van der Waals surface area contributed by atoms with Gasteiger partial charge in [-0.2, -0.15) is 18.2 Å². The van der Waals surface area contributed by atoms with Crippen molar-refractivity contribution >= 4 is 11.0 Å². The summed E-state index contributed by atoms with van der Waals surface area (Å²) in [6.07, 6.45) is 2.89. The Balaban J connectivity index is 0.00000136. The first-order chi connectivity index (χ1) is 13.6. The summed E-state index contributed by atoms with van der Waals surface area (Å²) in [5.74, 6) is 2.95. The van der Waals surface area contributed by atoms with Crippen LogP contribution in [0.2, 0.25) is 0 Å². The van der Waals surface area contributed by atoms with E-state index >= 15 is 0 Å². The minimum atomic E-state index is 0. The molecule has 3 rings (SSSR count). The van der Waals surface area contributed by atoms with Gasteiger partial charge in [0.05, 0.1) is 26.7 Å². The van der Waals surface area contributed by atoms with E-state index in [4.69, 9.17) is 23.7 Å². The second kappa shape index (κ2) is 11.7. The molecule has 0 saturated heterocycles. The predicted molar refractivity (Wildman–Crippen MR) is 111 cm³/mol. The molecule has 1 heterocycles. The minimum absolute atomic E-state index is 0. The van der Waals surface area contributed by atoms with E-state index < -0.39 is 0 Å². The number of hydrogen-bond donors (Lipinski definition) is 1. The maximum atomic E-state index is 7.00. The molecular weight excluding hydrogens is 540 g/mol. The molecule has 0 spiro atoms. The Kier molecular flexibility index (Phi) is 10.0. The van der Waals surface area contributed by atoms with Gasteiger partial charge in [0.1, 0.15) is 22.8 Å². The monoisotopic (exact) mass is 567 g/mol. The molecule has 0 bridgehead atoms. The van der Waals surface area contributed by atoms with Crippen molar-refractivity contribution in [3.8, 4) is 28.6 Å². The van der Waals surface area contributed by atoms with Gasteiger partial charge < -0.3 is 23.7 Å². The molecule has 0 aliphatic heterocycles. The van der Waals surface area contributed by atoms with Crippen molar-refractivity contribution in [1.82, 2.24) is 0 Å². The van der Waals surface area contributed by atoms with Crippen LogP contribution in [0.25, 0.3) is 22.3 Å². The first-order valence-corrected chi connectivity index (χ1v) is 8.89. The molecule has 5 nitrogen and oxygen atoms in total. The second-order valence-corrected chi connectivity index (χ2v) is 6.23. The van der Waals surface area contributed by atoms with Crippen LogP contribution in [-0.2, 0) is 27.5 Å². The number of furan rings is 1. The maximum absolute atomic E-state index is 7.00. The van der Waals surface area contributed by atoms with Crippen molar-refractivity contribution in [2.45, 2.75) is 20.3 Å². The van der Waals surface area contributed by atoms with E-state index in [1.165, 1.54) is 5.57 Å². The van der Waals surface area contributed by atoms with E-state index in [2.05, 4.69) is 26.0 Å². The van der Waals surface area contributed by atoms with Crippen molar-refractivity contribution < 1.29 is 44.8 Å². The van der Waals surface area contributed by atoms with Gasteiger partial charge in [-0.05, 0) is 26.3 Å². The van der Waals surface area contributed by atoms with Crippen molar-refractivity contribution in [2.75, 3.05) is 28.4 Å². The van der Waals surface area contributed by atoms with Crippen LogP contribution in [0.1, 0.15) is 19.4 Å². The number of fused-ring (bicyclic) bond motifs is 1. The van der Waals surface area contributed by atoms with E-state index in [0.717, 1.165) is 41.5 Å². The summed E-state index contributed by atoms with van der Waals surface area (Å²) in [5.41, 5.74) is 3.83. The first kappa shape index (κ1) is 24.8. The molecule has 0 saturated carbocycles. The zero-order valence-electron chi connectivity index (χ0n) is 17.7. The Morgan fingerprint density at radius 1 is 1.07 bits per heavy atom. The van der Waals surface area contributed by atoms with Gasteiger partial charge in [0.2, 0.25) is 0 Å². The smallest absolute Gasteiger partial charge is 0.142 e. The zero-order chi connectivity index (χ0) is 20.7. The molecule has 0 amide bonds. The number of ether oxygens (including phenoxy) is 3. The number of hydrogen-bond acceptors (Lipinski definition) is 5. The molecule has 156 valence electrons. The molecule has 2 aromatic carbocycles. The van der Waals surface area contributed by atoms with E-state index in [1.54, 1.807) is 27.4 Å². The van der Waals surface area contributed by atoms with Crippen molar-refractivity contribution in [2.24, 2.45) is 0 Å². The number of aliphatic hydroxyl groups is 1. The molecular formula is C23H27O5W-. The van der Waals surface area contributed by atoms with Crippen LogP contribution < -0.4 is 14.2 Å². The third-order valence-electron chi connectivity index (χ3n) is 4.29. The van der Waals surface area contributed by atoms with Gasteiger partial charge in [-0.25, -0.2) is 0 Å². The van der Waals surface area contributed by atoms with Gasteiger partial charge in [0.15, 0.2) is 0 Å². The molecule has 0 atom stereocenters. The summed E-state index contributed by atoms with van der Waals surface area (Å²) in [6.45, 7) is 4.15. The summed E-state index contributed by atoms with van der Waals surface area (Å²) >= 11 is 0. The number of benzene rings is 2. The normalized spacial score (nSPS) is 9.76. The summed E-state index contributed by atoms with van der Waals surface area (Å²) in [7, 11) is 5.97. The summed E-state index contributed by atoms with van der Waals surface area (Å²) in [4.78, 5) is 0. The quantitative estimate of drug-likeness (QED) is 0.334. The molecule has 1 aromatic heterocycles. The Labute approximate surface area is 186 Å². The van der Waals surface area contributed by atoms with Crippen LogP contribution in [0.3, 0.4) is 0 Å². The Hall–Kier alpha value is -2.23. The molecule has 0 unspecified atom stereocenters. The Morgan fingerprint density at radius 3 is 2.34 bits per heavy atom. The molecule has 0 radical (unpaired) electrons. The van der Waals surface area contributed by atoms with Gasteiger partial charge >= 0.3 is 0 Å². The molecule has 1 N–H and O–H groups in total. The third-order valence-corrected chi connectivity index (χ3v) is 4.29. The zero-order valence-corrected chi connectivity index (χ0v) is 20.6. The fourth-order valence-corrected chi connectivity index (χ4v) is 3.01. The van der Waals surface area contributed by atoms with Crippen molar-refractivity contribution in [3.05, 3.63) is 53.6 Å². The third kappa shape index (κ3) is 5.43. The molecule has 6 heteroatoms. The van der Waals surface area contributed by atoms with Crippen LogP contribution >= 0.6 is 0 Å². The Bertz CT molecular complexity index is 955. The van der Waals surface area contributed by atoms with E-state index in [1.807, 2.05) is 24.3 Å². The standard InChI is InChI=1S/C22H23O4.CH4O.W/c1-14(2)10-11-16-19(24-4)13-21-17(22(16)25-5)12-20(26-21)15-8-6-7-9-18(15)23-3;1-2;/h6,8-10,12-13H,11H2,1-5H3;2H,1H3;/q-1;;. The van der Waals surface area contributed by atoms with Crippen LogP contribution in [0.5, 0.6) is 17.2 Å². The number of allylic oxidation sites excluding steroid dienone is 2. The van der Waals surface area contributed by atoms with Crippen LogP contribution in [-0.4, -0.2) is 33.5 Å². The maximum Gasteiger partial charge on any atom is 0.142 e. The Morgan fingerprint density at radius 2 is 1.76 bits per heavy atom. The van der Waals surface area contributed by atoms with Crippen molar-refractivity contribution in [3.63, 3.8) is 0 Å². The molecule has 0 fully saturated rings. The van der Waals surface area contributed by atoms with Gasteiger partial charge in [-0.15, -0.1) is 6.07 Å². The summed E-state index contributed by atoms with van der Waals surface area (Å²) in [6, 6.07) is 12.5. The number of aliphatic hydroxyl groups excluding tert-OH is 1. The van der Waals surface area contributed by atoms with Gasteiger partial charge in [0.25, 0.3) is 0 Å². The average molecular weight is 567 g/mol. The van der Waals surface area contributed by atoms with E-state index in [0.29, 0.717) is 17.1 Å². The molecule has 29 heavy (non-hydrogen) atoms. The van der Waals surface area contributed by atoms with Gasteiger partial charge in [-0.1, -0.05) is 17.2 Å². The largest absolute Gasteiger partial charge is 0.553 e. The van der Waals surface area contributed by atoms with Crippen molar-refractivity contribution in [1.29, 1.82) is 0 Å². The molecule has 3 aromatic rings. The summed E-state index contributed by atoms with van der Waals surface area (Å²) < 4.78 is 22.8. The SMILES string of the molecule is CO.COc1c[c-]ccc1-c1cc2c(OC)c(CC=C(C)C)c(OC)cc2o1.[W]. The summed E-state index contributed by atoms with van der Waals surface area (Å²) in [5, 5.41) is 7.91. The van der Waals surface area contributed by atoms with Gasteiger partial charge in [0, 0.05) is 45.6 Å². The number of rotatable bonds is 6. The topological polar surface area (TPSA) is 61.1 Å².